The maximum absolute atomic E-state index is 12.2. The molecule has 5 saturated carbocycles. The normalized spacial score (nSPS) is 54.6. The van der Waals surface area contributed by atoms with Crippen LogP contribution in [0.1, 0.15) is 71.6 Å². The largest absolute Gasteiger partial charge is 0.300 e. The van der Waals surface area contributed by atoms with Gasteiger partial charge in [0.1, 0.15) is 0 Å². The molecule has 28 heavy (non-hydrogen) atoms. The van der Waals surface area contributed by atoms with Crippen molar-refractivity contribution < 1.29 is 4.79 Å². The molecule has 0 radical (unpaired) electrons. The quantitative estimate of drug-likeness (QED) is 0.577. The second-order valence-electron chi connectivity index (χ2n) is 11.5. The van der Waals surface area contributed by atoms with Gasteiger partial charge in [-0.2, -0.15) is 0 Å². The van der Waals surface area contributed by atoms with Gasteiger partial charge in [0.05, 0.1) is 0 Å². The van der Waals surface area contributed by atoms with Crippen LogP contribution >= 0.6 is 0 Å². The first-order valence-corrected chi connectivity index (χ1v) is 12.2. The highest BCUT2D eigenvalue weighted by Gasteiger charge is 2.75. The zero-order valence-electron chi connectivity index (χ0n) is 18.0. The summed E-state index contributed by atoms with van der Waals surface area (Å²) in [5.41, 5.74) is 2.38. The van der Waals surface area contributed by atoms with E-state index in [1.54, 1.807) is 5.57 Å². The van der Waals surface area contributed by atoms with Gasteiger partial charge in [-0.3, -0.25) is 4.79 Å². The third-order valence-electron chi connectivity index (χ3n) is 10.9. The van der Waals surface area contributed by atoms with E-state index in [-0.39, 0.29) is 0 Å². The smallest absolute Gasteiger partial charge is 0.155 e. The fraction of sp³-hybridized carbons (Fsp3) is 0.846. The Balaban J connectivity index is 1.45. The van der Waals surface area contributed by atoms with Crippen LogP contribution in [-0.4, -0.2) is 19.0 Å². The van der Waals surface area contributed by atoms with Gasteiger partial charge in [0, 0.05) is 25.1 Å². The number of aliphatic imine (C=N–C) groups is 1. The van der Waals surface area contributed by atoms with Crippen molar-refractivity contribution >= 4 is 12.0 Å². The summed E-state index contributed by atoms with van der Waals surface area (Å²) in [7, 11) is 1.99. The van der Waals surface area contributed by atoms with Crippen LogP contribution in [-0.2, 0) is 4.79 Å². The molecule has 0 aromatic rings. The Morgan fingerprint density at radius 1 is 1.18 bits per heavy atom. The number of hydrogen-bond donors (Lipinski definition) is 0. The van der Waals surface area contributed by atoms with Crippen molar-refractivity contribution in [1.82, 2.24) is 0 Å². The van der Waals surface area contributed by atoms with Crippen molar-refractivity contribution in [3.05, 3.63) is 11.6 Å². The Morgan fingerprint density at radius 3 is 2.71 bits per heavy atom. The summed E-state index contributed by atoms with van der Waals surface area (Å²) in [6.07, 6.45) is 16.2. The molecule has 0 spiro atoms. The predicted octanol–water partition coefficient (Wildman–Crippen LogP) is 5.72. The molecule has 0 aliphatic heterocycles. The van der Waals surface area contributed by atoms with Gasteiger partial charge in [-0.25, -0.2) is 0 Å². The predicted molar refractivity (Wildman–Crippen MR) is 113 cm³/mol. The lowest BCUT2D eigenvalue weighted by Crippen LogP contribution is -2.55. The van der Waals surface area contributed by atoms with E-state index in [1.807, 2.05) is 7.05 Å². The van der Waals surface area contributed by atoms with Crippen LogP contribution < -0.4 is 0 Å². The SMILES string of the molecule is CC[C@]12CC[C@H]3[C@H]([C@@H]1[C@@H]1C[C@@H]1[C@]2(C)C=NC)[C@H](C1CC1)CC1=CC(=O)CC[C@@H]13. The van der Waals surface area contributed by atoms with Crippen molar-refractivity contribution in [2.45, 2.75) is 71.6 Å². The first kappa shape index (κ1) is 17.9. The summed E-state index contributed by atoms with van der Waals surface area (Å²) in [6.45, 7) is 5.06. The minimum atomic E-state index is 0.323. The van der Waals surface area contributed by atoms with Gasteiger partial charge in [-0.15, -0.1) is 0 Å². The maximum atomic E-state index is 12.2. The third kappa shape index (κ3) is 2.11. The van der Waals surface area contributed by atoms with Crippen LogP contribution in [0.15, 0.2) is 16.6 Å². The molecule has 9 atom stereocenters. The molecule has 152 valence electrons. The van der Waals surface area contributed by atoms with Crippen molar-refractivity contribution in [3.8, 4) is 0 Å². The number of ketones is 1. The lowest BCUT2D eigenvalue weighted by Gasteiger charge is -2.60. The Morgan fingerprint density at radius 2 is 2.00 bits per heavy atom. The number of hydrogen-bond acceptors (Lipinski definition) is 2. The van der Waals surface area contributed by atoms with Crippen LogP contribution in [0, 0.1) is 58.2 Å². The molecule has 2 heteroatoms. The highest BCUT2D eigenvalue weighted by atomic mass is 16.1. The van der Waals surface area contributed by atoms with Gasteiger partial charge >= 0.3 is 0 Å². The highest BCUT2D eigenvalue weighted by molar-refractivity contribution is 5.91. The molecule has 6 aliphatic rings. The van der Waals surface area contributed by atoms with E-state index < -0.39 is 0 Å². The van der Waals surface area contributed by atoms with Crippen molar-refractivity contribution in [2.75, 3.05) is 7.05 Å². The van der Waals surface area contributed by atoms with Crippen molar-refractivity contribution in [3.63, 3.8) is 0 Å². The zero-order chi connectivity index (χ0) is 19.3. The average molecular weight is 380 g/mol. The fourth-order valence-corrected chi connectivity index (χ4v) is 9.73. The fourth-order valence-electron chi connectivity index (χ4n) is 9.73. The summed E-state index contributed by atoms with van der Waals surface area (Å²) < 4.78 is 0. The monoisotopic (exact) mass is 379 g/mol. The van der Waals surface area contributed by atoms with Crippen LogP contribution in [0.2, 0.25) is 0 Å². The number of carbonyl (C=O) groups is 1. The Hall–Kier alpha value is -0.920. The van der Waals surface area contributed by atoms with Crippen LogP contribution in [0.4, 0.5) is 0 Å². The average Bonchev–Trinajstić information content (AvgIpc) is 3.59. The van der Waals surface area contributed by atoms with E-state index in [1.165, 1.54) is 44.9 Å². The number of fused-ring (bicyclic) bond motifs is 7. The van der Waals surface area contributed by atoms with Gasteiger partial charge in [-0.05, 0) is 110 Å². The van der Waals surface area contributed by atoms with E-state index in [9.17, 15) is 4.79 Å². The molecule has 6 rings (SSSR count). The van der Waals surface area contributed by atoms with Gasteiger partial charge in [0.25, 0.3) is 0 Å². The molecule has 0 aromatic carbocycles. The molecule has 0 heterocycles. The molecule has 6 aliphatic carbocycles. The van der Waals surface area contributed by atoms with Crippen LogP contribution in [0.5, 0.6) is 0 Å². The summed E-state index contributed by atoms with van der Waals surface area (Å²) in [6, 6.07) is 0. The van der Waals surface area contributed by atoms with Crippen molar-refractivity contribution in [1.29, 1.82) is 0 Å². The lowest BCUT2D eigenvalue weighted by molar-refractivity contribution is -0.117. The number of allylic oxidation sites excluding steroid dienone is 1. The van der Waals surface area contributed by atoms with Gasteiger partial charge in [0.2, 0.25) is 0 Å². The minimum absolute atomic E-state index is 0.323. The van der Waals surface area contributed by atoms with E-state index in [0.29, 0.717) is 16.6 Å². The Bertz CT molecular complexity index is 762. The molecule has 5 fully saturated rings. The van der Waals surface area contributed by atoms with E-state index in [2.05, 4.69) is 31.1 Å². The maximum Gasteiger partial charge on any atom is 0.155 e. The molecule has 2 nitrogen and oxygen atoms in total. The molecular weight excluding hydrogens is 342 g/mol. The van der Waals surface area contributed by atoms with E-state index >= 15 is 0 Å². The Kier molecular flexibility index (Phi) is 3.72. The molecule has 0 unspecified atom stereocenters. The first-order chi connectivity index (χ1) is 13.5. The summed E-state index contributed by atoms with van der Waals surface area (Å²) >= 11 is 0. The molecular formula is C26H37NO. The standard InChI is InChI=1S/C26H37NO/c1-4-26-10-9-19-18-8-7-17(28)11-16(18)12-20(15-5-6-15)23(19)24(26)21-13-22(21)25(26,2)14-27-3/h11,14-15,18-24H,4-10,12-13H2,1-3H3/t18-,19+,20-,21+,22-,23-,24-,25-,26-/m0/s1. The van der Waals surface area contributed by atoms with E-state index in [4.69, 9.17) is 0 Å². The first-order valence-electron chi connectivity index (χ1n) is 12.2. The van der Waals surface area contributed by atoms with Crippen molar-refractivity contribution in [2.24, 2.45) is 63.2 Å². The molecule has 0 aromatic heterocycles. The molecule has 0 N–H and O–H groups in total. The van der Waals surface area contributed by atoms with E-state index in [0.717, 1.165) is 60.2 Å². The summed E-state index contributed by atoms with van der Waals surface area (Å²) in [5, 5.41) is 0. The van der Waals surface area contributed by atoms with Crippen LogP contribution in [0.3, 0.4) is 0 Å². The second-order valence-corrected chi connectivity index (χ2v) is 11.5. The topological polar surface area (TPSA) is 29.4 Å². The minimum Gasteiger partial charge on any atom is -0.300 e. The van der Waals surface area contributed by atoms with Crippen LogP contribution in [0.25, 0.3) is 0 Å². The number of nitrogens with zero attached hydrogens (tertiary/aromatic N) is 1. The Labute approximate surface area is 170 Å². The van der Waals surface area contributed by atoms with Gasteiger partial charge < -0.3 is 4.99 Å². The highest BCUT2D eigenvalue weighted by Crippen LogP contribution is 2.80. The number of carbonyl (C=O) groups excluding carboxylic acids is 1. The molecule has 0 bridgehead atoms. The summed E-state index contributed by atoms with van der Waals surface area (Å²) in [4.78, 5) is 16.8. The zero-order valence-corrected chi connectivity index (χ0v) is 18.0. The molecule has 0 saturated heterocycles. The van der Waals surface area contributed by atoms with Gasteiger partial charge in [0.15, 0.2) is 5.78 Å². The molecule has 0 amide bonds. The summed E-state index contributed by atoms with van der Waals surface area (Å²) in [5.74, 6) is 7.56. The van der Waals surface area contributed by atoms with Gasteiger partial charge in [-0.1, -0.05) is 19.4 Å². The lowest BCUT2D eigenvalue weighted by atomic mass is 9.44. The number of rotatable bonds is 3. The second kappa shape index (κ2) is 5.82. The third-order valence-corrected chi connectivity index (χ3v) is 10.9.